The number of aryl methyl sites for hydroxylation is 3. The summed E-state index contributed by atoms with van der Waals surface area (Å²) >= 11 is 0. The van der Waals surface area contributed by atoms with Crippen molar-refractivity contribution in [3.05, 3.63) is 257 Å². The number of Topliss-reactive ketones (excluding diaryl/α,β-unsaturated/α-hetero) is 3. The van der Waals surface area contributed by atoms with E-state index in [4.69, 9.17) is 63.3 Å². The topological polar surface area (TPSA) is 463 Å². The third-order valence-electron chi connectivity index (χ3n) is 16.3. The molecular weight excluding hydrogens is 1540 g/mol. The summed E-state index contributed by atoms with van der Waals surface area (Å²) in [7, 11) is -10.4. The van der Waals surface area contributed by atoms with E-state index in [0.29, 0.717) is 39.1 Å². The van der Waals surface area contributed by atoms with E-state index in [9.17, 15) is 55.6 Å². The first-order valence-corrected chi connectivity index (χ1v) is 39.4. The van der Waals surface area contributed by atoms with Gasteiger partial charge in [0.1, 0.15) is 62.1 Å². The molecule has 0 aliphatic heterocycles. The van der Waals surface area contributed by atoms with Crippen LogP contribution in [-0.2, 0) is 94.5 Å². The van der Waals surface area contributed by atoms with E-state index in [1.165, 1.54) is 80.7 Å². The molecule has 40 heteroatoms. The van der Waals surface area contributed by atoms with Gasteiger partial charge in [-0.3, -0.25) is 71.0 Å². The van der Waals surface area contributed by atoms with Gasteiger partial charge in [-0.1, -0.05) is 108 Å². The molecule has 0 amide bonds. The van der Waals surface area contributed by atoms with E-state index < -0.39 is 102 Å². The van der Waals surface area contributed by atoms with E-state index in [2.05, 4.69) is 44.9 Å². The summed E-state index contributed by atoms with van der Waals surface area (Å²) in [5.41, 5.74) is 21.8. The number of halogens is 3. The summed E-state index contributed by atoms with van der Waals surface area (Å²) in [6.07, 6.45) is 2.80. The summed E-state index contributed by atoms with van der Waals surface area (Å²) < 4.78 is 141. The van der Waals surface area contributed by atoms with E-state index in [0.717, 1.165) is 16.7 Å². The van der Waals surface area contributed by atoms with Crippen molar-refractivity contribution < 1.29 is 87.3 Å². The molecule has 12 aromatic rings. The summed E-state index contributed by atoms with van der Waals surface area (Å²) in [6.45, 7) is 4.11. The number of nitrogens with zero attached hydrogens (tertiary/aromatic N) is 9. The van der Waals surface area contributed by atoms with Crippen molar-refractivity contribution in [1.82, 2.24) is 58.6 Å². The van der Waals surface area contributed by atoms with Crippen LogP contribution in [0, 0.1) is 38.2 Å². The number of anilines is 3. The van der Waals surface area contributed by atoms with Crippen LogP contribution in [0.25, 0.3) is 33.5 Å². The van der Waals surface area contributed by atoms with E-state index >= 15 is 0 Å². The summed E-state index contributed by atoms with van der Waals surface area (Å²) in [5, 5.41) is 0. The highest BCUT2D eigenvalue weighted by Crippen LogP contribution is 2.51. The molecule has 34 nitrogen and oxygen atoms in total. The second-order valence-corrected chi connectivity index (χ2v) is 30.8. The lowest BCUT2D eigenvalue weighted by Gasteiger charge is -2.19. The number of fused-ring (bicyclic) bond motifs is 3. The molecule has 3 atom stereocenters. The van der Waals surface area contributed by atoms with Crippen LogP contribution in [0.5, 0.6) is 5.75 Å². The van der Waals surface area contributed by atoms with Crippen molar-refractivity contribution in [2.45, 2.75) is 60.2 Å². The lowest BCUT2D eigenvalue weighted by Crippen LogP contribution is -2.14. The fourth-order valence-electron chi connectivity index (χ4n) is 10.3. The monoisotopic (exact) mass is 1620 g/mol. The highest BCUT2D eigenvalue weighted by molar-refractivity contribution is 7.54. The van der Waals surface area contributed by atoms with Gasteiger partial charge < -0.3 is 63.4 Å². The standard InChI is InChI=1S/C25H27FN5O7P.2C24H25FN5O6P/c1-16-6-7-18(11-21(16)35-2)20(32)13-38-39(34,37-12-17-4-3-5-19(26)10-17)15-36-9-8-31-14-28-22-23(31)29-25(27)30-24(22)33;2*1-16-5-7-18(8-6-16)20(31)13-36-37(33,35-12-17-3-2-4-19(25)11-17)15-34-10-9-30-14-27-21-22(30)28-24(26)29-23(21)32/h3-7,10-11,14H,8-9,12-13,15H2,1-2H3,(H3,27,29,30,33);2*2-8,11,14H,9-10,12-13,15H2,1H3,(H3,26,28,29,32). The number of ether oxygens (including phenoxy) is 4. The number of benzene rings is 6. The Morgan fingerprint density at radius 2 is 0.735 bits per heavy atom. The molecule has 9 N–H and O–H groups in total. The van der Waals surface area contributed by atoms with Crippen LogP contribution in [0.15, 0.2) is 173 Å². The average molecular weight is 1620 g/mol. The van der Waals surface area contributed by atoms with Crippen LogP contribution in [0.3, 0.4) is 0 Å². The number of carbonyl (C=O) groups is 3. The average Bonchev–Trinajstić information content (AvgIpc) is 1.67. The number of nitrogens with two attached hydrogens (primary N) is 3. The lowest BCUT2D eigenvalue weighted by atomic mass is 10.1. The number of hydrogen-bond donors (Lipinski definition) is 6. The number of nitrogens with one attached hydrogen (secondary N) is 3. The molecule has 6 aromatic carbocycles. The molecule has 12 rings (SSSR count). The number of carbonyl (C=O) groups excluding carboxylic acids is 3. The Morgan fingerprint density at radius 3 is 1.04 bits per heavy atom. The van der Waals surface area contributed by atoms with Crippen molar-refractivity contribution in [3.63, 3.8) is 0 Å². The Balaban J connectivity index is 0.000000180. The summed E-state index contributed by atoms with van der Waals surface area (Å²) in [4.78, 5) is 105. The third kappa shape index (κ3) is 24.4. The maximum atomic E-state index is 13.6. The minimum absolute atomic E-state index is 0.0135. The third-order valence-corrected chi connectivity index (χ3v) is 20.9. The highest BCUT2D eigenvalue weighted by atomic mass is 31.2. The van der Waals surface area contributed by atoms with E-state index in [1.807, 2.05) is 20.8 Å². The first-order chi connectivity index (χ1) is 54.1. The number of aromatic amines is 3. The Labute approximate surface area is 640 Å². The molecular formula is C73H77F3N15O19P3. The van der Waals surface area contributed by atoms with Gasteiger partial charge >= 0.3 is 22.8 Å². The highest BCUT2D eigenvalue weighted by Gasteiger charge is 2.31. The first kappa shape index (κ1) is 84.2. The number of rotatable bonds is 37. The fourth-order valence-corrected chi connectivity index (χ4v) is 14.1. The zero-order chi connectivity index (χ0) is 80.8. The smallest absolute Gasteiger partial charge is 0.356 e. The summed E-state index contributed by atoms with van der Waals surface area (Å²) in [5.74, 6) is -2.26. The number of methoxy groups -OCH3 is 1. The largest absolute Gasteiger partial charge is 0.496 e. The van der Waals surface area contributed by atoms with Gasteiger partial charge in [-0.2, -0.15) is 15.0 Å². The Kier molecular flexibility index (Phi) is 29.2. The van der Waals surface area contributed by atoms with Crippen molar-refractivity contribution in [2.24, 2.45) is 0 Å². The van der Waals surface area contributed by atoms with Gasteiger partial charge in [-0.05, 0) is 85.5 Å². The number of hydrogen-bond acceptors (Lipinski definition) is 28. The van der Waals surface area contributed by atoms with Crippen molar-refractivity contribution >= 4 is 91.5 Å². The number of imidazole rings is 3. The van der Waals surface area contributed by atoms with Crippen LogP contribution in [0.2, 0.25) is 0 Å². The second-order valence-electron chi connectivity index (χ2n) is 24.8. The zero-order valence-electron chi connectivity index (χ0n) is 61.1. The maximum Gasteiger partial charge on any atom is 0.356 e. The molecule has 6 aromatic heterocycles. The minimum atomic E-state index is -3.99. The van der Waals surface area contributed by atoms with Crippen LogP contribution >= 0.6 is 22.8 Å². The predicted molar refractivity (Wildman–Crippen MR) is 407 cm³/mol. The molecule has 3 unspecified atom stereocenters. The van der Waals surface area contributed by atoms with Gasteiger partial charge in [-0.25, -0.2) is 28.1 Å². The first-order valence-electron chi connectivity index (χ1n) is 34.2. The number of nitrogen functional groups attached to an aromatic ring is 3. The van der Waals surface area contributed by atoms with Crippen molar-refractivity contribution in [1.29, 1.82) is 0 Å². The molecule has 0 aliphatic carbocycles. The van der Waals surface area contributed by atoms with Gasteiger partial charge in [0.25, 0.3) is 16.7 Å². The minimum Gasteiger partial charge on any atom is -0.496 e. The molecule has 0 saturated carbocycles. The molecule has 0 saturated heterocycles. The molecule has 0 radical (unpaired) electrons. The number of aromatic nitrogens is 12. The molecule has 0 fully saturated rings. The SMILES string of the molecule is COc1cc(C(=O)COP(=O)(COCCn2cnc3c(=O)[nH]c(N)nc32)OCc2cccc(F)c2)ccc1C.Cc1ccc(C(=O)COP(=O)(COCCn2cnc3c(=O)[nH]c(N)nc32)OCc2cccc(F)c2)cc1.Cc1ccc(C(=O)COP(=O)(COCCn2cnc3c(=O)[nH]c(N)nc32)OCc2cccc(F)c2)cc1. The lowest BCUT2D eigenvalue weighted by molar-refractivity contribution is 0.0852. The fraction of sp³-hybridized carbons (Fsp3) is 0.260. The second kappa shape index (κ2) is 39.2. The van der Waals surface area contributed by atoms with Crippen LogP contribution in [-0.4, -0.2) is 142 Å². The van der Waals surface area contributed by atoms with Crippen LogP contribution in [0.4, 0.5) is 31.0 Å². The Hall–Kier alpha value is -11.3. The van der Waals surface area contributed by atoms with Gasteiger partial charge in [0.05, 0.1) is 65.7 Å². The van der Waals surface area contributed by atoms with E-state index in [-0.39, 0.29) is 122 Å². The van der Waals surface area contributed by atoms with Crippen LogP contribution in [0.1, 0.15) is 64.5 Å². The van der Waals surface area contributed by atoms with Gasteiger partial charge in [0, 0.05) is 36.3 Å². The Bertz CT molecular complexity index is 5460. The molecule has 0 spiro atoms. The number of H-pyrrole nitrogens is 3. The van der Waals surface area contributed by atoms with Gasteiger partial charge in [0.2, 0.25) is 17.8 Å². The van der Waals surface area contributed by atoms with Gasteiger partial charge in [-0.15, -0.1) is 0 Å². The van der Waals surface area contributed by atoms with Gasteiger partial charge in [0.15, 0.2) is 50.8 Å². The Morgan fingerprint density at radius 1 is 0.425 bits per heavy atom. The van der Waals surface area contributed by atoms with E-state index in [1.54, 1.807) is 98.6 Å². The van der Waals surface area contributed by atoms with Crippen LogP contribution < -0.4 is 38.6 Å². The molecule has 594 valence electrons. The van der Waals surface area contributed by atoms with Crippen molar-refractivity contribution in [2.75, 3.05) is 83.0 Å². The maximum absolute atomic E-state index is 13.6. The molecule has 6 heterocycles. The molecule has 113 heavy (non-hydrogen) atoms. The summed E-state index contributed by atoms with van der Waals surface area (Å²) in [6, 6.07) is 35.5. The quantitative estimate of drug-likeness (QED) is 0.0120. The van der Waals surface area contributed by atoms with Crippen molar-refractivity contribution in [3.8, 4) is 5.75 Å². The molecule has 0 bridgehead atoms. The number of ketones is 3. The normalized spacial score (nSPS) is 13.0. The predicted octanol–water partition coefficient (Wildman–Crippen LogP) is 10.3. The zero-order valence-corrected chi connectivity index (χ0v) is 63.8. The molecule has 0 aliphatic rings.